The smallest absolute Gasteiger partial charge is 0.412 e. The van der Waals surface area contributed by atoms with Crippen molar-refractivity contribution in [2.24, 2.45) is 5.92 Å². The minimum atomic E-state index is -0.593. The lowest BCUT2D eigenvalue weighted by molar-refractivity contribution is -0.0741. The first-order valence-electron chi connectivity index (χ1n) is 9.06. The number of amides is 1. The number of aromatic nitrogens is 1. The number of halogens is 1. The Bertz CT molecular complexity index is 763. The lowest BCUT2D eigenvalue weighted by Gasteiger charge is -2.50. The first-order chi connectivity index (χ1) is 12.7. The molecule has 3 aliphatic rings. The molecule has 1 aromatic carbocycles. The number of anilines is 1. The number of carbonyl (C=O) groups is 1. The molecule has 0 radical (unpaired) electrons. The number of pyridine rings is 1. The largest absolute Gasteiger partial charge is 0.444 e. The SMILES string of the molecule is O=C(Nc1ccccc1F)OC1C2CCN(CC2)C1Cc1cccnc1. The number of hydrogen-bond acceptors (Lipinski definition) is 4. The average molecular weight is 355 g/mol. The number of nitrogens with zero attached hydrogens (tertiary/aromatic N) is 2. The van der Waals surface area contributed by atoms with E-state index in [9.17, 15) is 9.18 Å². The van der Waals surface area contributed by atoms with Crippen molar-refractivity contribution >= 4 is 11.8 Å². The molecule has 3 aliphatic heterocycles. The van der Waals surface area contributed by atoms with Crippen molar-refractivity contribution in [3.05, 3.63) is 60.2 Å². The third-order valence-corrected chi connectivity index (χ3v) is 5.41. The van der Waals surface area contributed by atoms with Crippen LogP contribution in [0.25, 0.3) is 0 Å². The van der Waals surface area contributed by atoms with E-state index in [1.807, 2.05) is 18.3 Å². The van der Waals surface area contributed by atoms with E-state index in [-0.39, 0.29) is 17.8 Å². The molecule has 1 N–H and O–H groups in total. The van der Waals surface area contributed by atoms with E-state index in [1.165, 1.54) is 12.1 Å². The number of piperidine rings is 3. The van der Waals surface area contributed by atoms with Gasteiger partial charge in [0, 0.05) is 18.3 Å². The van der Waals surface area contributed by atoms with Crippen LogP contribution in [0.1, 0.15) is 18.4 Å². The number of fused-ring (bicyclic) bond motifs is 3. The fraction of sp³-hybridized carbons (Fsp3) is 0.400. The molecule has 2 unspecified atom stereocenters. The molecule has 2 atom stereocenters. The molecule has 1 aromatic heterocycles. The highest BCUT2D eigenvalue weighted by Crippen LogP contribution is 2.36. The second kappa shape index (κ2) is 7.41. The summed E-state index contributed by atoms with van der Waals surface area (Å²) in [6, 6.07) is 10.2. The number of rotatable bonds is 4. The summed E-state index contributed by atoms with van der Waals surface area (Å²) in [7, 11) is 0. The molecule has 2 aromatic rings. The van der Waals surface area contributed by atoms with Crippen molar-refractivity contribution in [2.75, 3.05) is 18.4 Å². The third kappa shape index (κ3) is 3.55. The lowest BCUT2D eigenvalue weighted by atomic mass is 9.78. The lowest BCUT2D eigenvalue weighted by Crippen LogP contribution is -2.60. The molecule has 0 saturated carbocycles. The maximum Gasteiger partial charge on any atom is 0.412 e. The molecule has 136 valence electrons. The highest BCUT2D eigenvalue weighted by Gasteiger charge is 2.44. The van der Waals surface area contributed by atoms with E-state index in [1.54, 1.807) is 18.3 Å². The van der Waals surface area contributed by atoms with Gasteiger partial charge in [0.05, 0.1) is 11.7 Å². The Balaban J connectivity index is 1.47. The minimum absolute atomic E-state index is 0.137. The number of carbonyl (C=O) groups excluding carboxylic acids is 1. The Morgan fingerprint density at radius 1 is 1.23 bits per heavy atom. The zero-order valence-corrected chi connectivity index (χ0v) is 14.5. The molecule has 4 heterocycles. The van der Waals surface area contributed by atoms with Crippen LogP contribution < -0.4 is 5.32 Å². The van der Waals surface area contributed by atoms with E-state index < -0.39 is 11.9 Å². The van der Waals surface area contributed by atoms with Gasteiger partial charge in [-0.2, -0.15) is 0 Å². The Kier molecular flexibility index (Phi) is 4.84. The first kappa shape index (κ1) is 17.0. The van der Waals surface area contributed by atoms with Gasteiger partial charge in [-0.25, -0.2) is 9.18 Å². The van der Waals surface area contributed by atoms with Gasteiger partial charge < -0.3 is 4.74 Å². The van der Waals surface area contributed by atoms with Gasteiger partial charge in [-0.15, -0.1) is 0 Å². The zero-order chi connectivity index (χ0) is 17.9. The molecule has 1 amide bonds. The fourth-order valence-corrected chi connectivity index (χ4v) is 4.11. The van der Waals surface area contributed by atoms with Crippen LogP contribution in [0.2, 0.25) is 0 Å². The normalized spacial score (nSPS) is 27.1. The van der Waals surface area contributed by atoms with E-state index in [4.69, 9.17) is 4.74 Å². The summed E-state index contributed by atoms with van der Waals surface area (Å²) in [6.07, 6.45) is 5.69. The van der Waals surface area contributed by atoms with E-state index >= 15 is 0 Å². The van der Waals surface area contributed by atoms with Gasteiger partial charge in [0.25, 0.3) is 0 Å². The van der Waals surface area contributed by atoms with Crippen molar-refractivity contribution < 1.29 is 13.9 Å². The topological polar surface area (TPSA) is 54.5 Å². The molecule has 3 saturated heterocycles. The molecule has 5 nitrogen and oxygen atoms in total. The number of benzene rings is 1. The Labute approximate surface area is 152 Å². The van der Waals surface area contributed by atoms with Crippen LogP contribution in [-0.2, 0) is 11.2 Å². The van der Waals surface area contributed by atoms with Crippen molar-refractivity contribution in [2.45, 2.75) is 31.4 Å². The van der Waals surface area contributed by atoms with Crippen LogP contribution in [0.15, 0.2) is 48.8 Å². The van der Waals surface area contributed by atoms with Gasteiger partial charge in [0.15, 0.2) is 0 Å². The number of ether oxygens (including phenoxy) is 1. The zero-order valence-electron chi connectivity index (χ0n) is 14.5. The molecular weight excluding hydrogens is 333 g/mol. The number of para-hydroxylation sites is 1. The molecule has 0 aliphatic carbocycles. The van der Waals surface area contributed by atoms with Crippen molar-refractivity contribution in [3.8, 4) is 0 Å². The van der Waals surface area contributed by atoms with E-state index in [0.717, 1.165) is 37.9 Å². The molecule has 5 rings (SSSR count). The summed E-state index contributed by atoms with van der Waals surface area (Å²) in [4.78, 5) is 19.0. The highest BCUT2D eigenvalue weighted by atomic mass is 19.1. The summed E-state index contributed by atoms with van der Waals surface area (Å²) in [5, 5.41) is 2.53. The number of nitrogens with one attached hydrogen (secondary N) is 1. The predicted octanol–water partition coefficient (Wildman–Crippen LogP) is 3.47. The predicted molar refractivity (Wildman–Crippen MR) is 96.3 cm³/mol. The summed E-state index contributed by atoms with van der Waals surface area (Å²) in [5.74, 6) is -0.113. The molecule has 26 heavy (non-hydrogen) atoms. The standard InChI is InChI=1S/C20H22FN3O2/c21-16-5-1-2-6-17(16)23-20(25)26-19-15-7-10-24(11-8-15)18(19)12-14-4-3-9-22-13-14/h1-6,9,13,15,18-19H,7-8,10-12H2,(H,23,25). The molecule has 2 bridgehead atoms. The molecule has 6 heteroatoms. The Morgan fingerprint density at radius 2 is 2.04 bits per heavy atom. The molecule has 3 fully saturated rings. The van der Waals surface area contributed by atoms with Gasteiger partial charge in [-0.05, 0) is 56.1 Å². The monoisotopic (exact) mass is 355 g/mol. The van der Waals surface area contributed by atoms with Crippen LogP contribution in [-0.4, -0.2) is 41.2 Å². The van der Waals surface area contributed by atoms with Gasteiger partial charge in [0.2, 0.25) is 0 Å². The second-order valence-electron chi connectivity index (χ2n) is 6.98. The van der Waals surface area contributed by atoms with Crippen molar-refractivity contribution in [1.82, 2.24) is 9.88 Å². The molecule has 0 spiro atoms. The quantitative estimate of drug-likeness (QED) is 0.912. The first-order valence-corrected chi connectivity index (χ1v) is 9.06. The molecular formula is C20H22FN3O2. The second-order valence-corrected chi connectivity index (χ2v) is 6.98. The van der Waals surface area contributed by atoms with Gasteiger partial charge in [0.1, 0.15) is 11.9 Å². The summed E-state index contributed by atoms with van der Waals surface area (Å²) >= 11 is 0. The van der Waals surface area contributed by atoms with E-state index in [2.05, 4.69) is 15.2 Å². The summed E-state index contributed by atoms with van der Waals surface area (Å²) in [5.41, 5.74) is 1.27. The van der Waals surface area contributed by atoms with Gasteiger partial charge >= 0.3 is 6.09 Å². The van der Waals surface area contributed by atoms with Crippen molar-refractivity contribution in [3.63, 3.8) is 0 Å². The van der Waals surface area contributed by atoms with Crippen molar-refractivity contribution in [1.29, 1.82) is 0 Å². The minimum Gasteiger partial charge on any atom is -0.444 e. The number of hydrogen-bond donors (Lipinski definition) is 1. The van der Waals surface area contributed by atoms with Gasteiger partial charge in [-0.1, -0.05) is 18.2 Å². The maximum atomic E-state index is 13.8. The summed E-state index contributed by atoms with van der Waals surface area (Å²) in [6.45, 7) is 2.06. The Morgan fingerprint density at radius 3 is 2.77 bits per heavy atom. The van der Waals surface area contributed by atoms with Crippen LogP contribution in [0, 0.1) is 11.7 Å². The fourth-order valence-electron chi connectivity index (χ4n) is 4.11. The van der Waals surface area contributed by atoms with Crippen LogP contribution in [0.4, 0.5) is 14.9 Å². The van der Waals surface area contributed by atoms with E-state index in [0.29, 0.717) is 5.92 Å². The summed E-state index contributed by atoms with van der Waals surface area (Å²) < 4.78 is 19.5. The van der Waals surface area contributed by atoms with Crippen LogP contribution in [0.3, 0.4) is 0 Å². The van der Waals surface area contributed by atoms with Crippen LogP contribution >= 0.6 is 0 Å². The third-order valence-electron chi connectivity index (χ3n) is 5.41. The maximum absolute atomic E-state index is 13.8. The Hall–Kier alpha value is -2.47. The van der Waals surface area contributed by atoms with Crippen LogP contribution in [0.5, 0.6) is 0 Å². The highest BCUT2D eigenvalue weighted by molar-refractivity contribution is 5.84. The van der Waals surface area contributed by atoms with Gasteiger partial charge in [-0.3, -0.25) is 15.2 Å². The average Bonchev–Trinajstić information content (AvgIpc) is 2.67.